The van der Waals surface area contributed by atoms with Gasteiger partial charge in [-0.3, -0.25) is 4.99 Å². The normalized spacial score (nSPS) is 18.0. The van der Waals surface area contributed by atoms with Crippen molar-refractivity contribution < 1.29 is 4.39 Å². The molecule has 0 aromatic heterocycles. The van der Waals surface area contributed by atoms with Crippen molar-refractivity contribution in [3.63, 3.8) is 0 Å². The summed E-state index contributed by atoms with van der Waals surface area (Å²) in [7, 11) is 0. The lowest BCUT2D eigenvalue weighted by atomic mass is 10.1. The van der Waals surface area contributed by atoms with Crippen LogP contribution in [-0.2, 0) is 0 Å². The van der Waals surface area contributed by atoms with Crippen LogP contribution in [0.1, 0.15) is 17.2 Å². The molecular formula is C16H15BrFN3. The van der Waals surface area contributed by atoms with Crippen molar-refractivity contribution in [1.82, 2.24) is 0 Å². The molecule has 0 radical (unpaired) electrons. The standard InChI is InChI=1S/C16H15BrFN3/c1-10-3-2-4-12(7-10)21-15(9-20-16(21)19)13-6-5-11(18)8-14(13)17/h2-8,15H,9H2,1H3,(H2,19,20). The van der Waals surface area contributed by atoms with Crippen LogP contribution in [0.25, 0.3) is 0 Å². The number of nitrogens with two attached hydrogens (primary N) is 1. The van der Waals surface area contributed by atoms with Gasteiger partial charge in [0.05, 0.1) is 12.6 Å². The highest BCUT2D eigenvalue weighted by atomic mass is 79.9. The molecule has 0 spiro atoms. The summed E-state index contributed by atoms with van der Waals surface area (Å²) in [6.45, 7) is 2.60. The average molecular weight is 348 g/mol. The van der Waals surface area contributed by atoms with Gasteiger partial charge in [0.15, 0.2) is 5.96 Å². The van der Waals surface area contributed by atoms with Crippen molar-refractivity contribution in [3.05, 3.63) is 63.9 Å². The average Bonchev–Trinajstić information content (AvgIpc) is 2.80. The summed E-state index contributed by atoms with van der Waals surface area (Å²) >= 11 is 3.43. The fourth-order valence-corrected chi connectivity index (χ4v) is 3.21. The molecule has 3 nitrogen and oxygen atoms in total. The van der Waals surface area contributed by atoms with E-state index in [9.17, 15) is 4.39 Å². The van der Waals surface area contributed by atoms with E-state index in [1.54, 1.807) is 6.07 Å². The summed E-state index contributed by atoms with van der Waals surface area (Å²) in [5, 5.41) is 0. The highest BCUT2D eigenvalue weighted by Gasteiger charge is 2.30. The zero-order chi connectivity index (χ0) is 15.0. The first-order valence-corrected chi connectivity index (χ1v) is 7.46. The summed E-state index contributed by atoms with van der Waals surface area (Å²) in [6, 6.07) is 12.8. The molecule has 5 heteroatoms. The molecule has 1 heterocycles. The van der Waals surface area contributed by atoms with Crippen molar-refractivity contribution in [3.8, 4) is 0 Å². The van der Waals surface area contributed by atoms with Crippen LogP contribution in [0.15, 0.2) is 51.9 Å². The number of hydrogen-bond acceptors (Lipinski definition) is 3. The van der Waals surface area contributed by atoms with Crippen LogP contribution in [0, 0.1) is 12.7 Å². The molecule has 0 saturated carbocycles. The minimum absolute atomic E-state index is 0.0261. The van der Waals surface area contributed by atoms with E-state index in [0.29, 0.717) is 12.5 Å². The van der Waals surface area contributed by atoms with Gasteiger partial charge in [-0.2, -0.15) is 0 Å². The van der Waals surface area contributed by atoms with Gasteiger partial charge in [0, 0.05) is 10.2 Å². The van der Waals surface area contributed by atoms with Gasteiger partial charge in [0.2, 0.25) is 0 Å². The second kappa shape index (κ2) is 5.48. The molecule has 1 aliphatic rings. The van der Waals surface area contributed by atoms with Crippen LogP contribution < -0.4 is 10.6 Å². The van der Waals surface area contributed by atoms with Crippen molar-refractivity contribution >= 4 is 27.6 Å². The minimum atomic E-state index is -0.264. The summed E-state index contributed by atoms with van der Waals surface area (Å²) in [5.41, 5.74) is 9.18. The third-order valence-corrected chi connectivity index (χ3v) is 4.27. The van der Waals surface area contributed by atoms with Crippen LogP contribution in [-0.4, -0.2) is 12.5 Å². The topological polar surface area (TPSA) is 41.6 Å². The second-order valence-electron chi connectivity index (χ2n) is 5.09. The molecule has 0 saturated heterocycles. The Morgan fingerprint density at radius 1 is 1.29 bits per heavy atom. The molecule has 1 unspecified atom stereocenters. The Bertz CT molecular complexity index is 714. The van der Waals surface area contributed by atoms with E-state index in [2.05, 4.69) is 27.0 Å². The maximum Gasteiger partial charge on any atom is 0.196 e. The zero-order valence-electron chi connectivity index (χ0n) is 11.6. The summed E-state index contributed by atoms with van der Waals surface area (Å²) in [6.07, 6.45) is 0. The predicted octanol–water partition coefficient (Wildman–Crippen LogP) is 3.77. The van der Waals surface area contributed by atoms with E-state index in [1.807, 2.05) is 30.0 Å². The first-order chi connectivity index (χ1) is 10.1. The van der Waals surface area contributed by atoms with Crippen molar-refractivity contribution in [2.75, 3.05) is 11.4 Å². The molecule has 0 aliphatic carbocycles. The van der Waals surface area contributed by atoms with Gasteiger partial charge < -0.3 is 10.6 Å². The fraction of sp³-hybridized carbons (Fsp3) is 0.188. The van der Waals surface area contributed by atoms with E-state index in [-0.39, 0.29) is 11.9 Å². The molecule has 108 valence electrons. The van der Waals surface area contributed by atoms with E-state index < -0.39 is 0 Å². The van der Waals surface area contributed by atoms with Crippen molar-refractivity contribution in [2.45, 2.75) is 13.0 Å². The van der Waals surface area contributed by atoms with Gasteiger partial charge in [-0.05, 0) is 42.3 Å². The Kier molecular flexibility index (Phi) is 3.68. The summed E-state index contributed by atoms with van der Waals surface area (Å²) in [5.74, 6) is 0.224. The Hall–Kier alpha value is -1.88. The number of rotatable bonds is 2. The lowest BCUT2D eigenvalue weighted by Gasteiger charge is -2.27. The summed E-state index contributed by atoms with van der Waals surface area (Å²) in [4.78, 5) is 6.34. The highest BCUT2D eigenvalue weighted by molar-refractivity contribution is 9.10. The van der Waals surface area contributed by atoms with Crippen molar-refractivity contribution in [2.24, 2.45) is 10.7 Å². The lowest BCUT2D eigenvalue weighted by Crippen LogP contribution is -2.36. The molecular weight excluding hydrogens is 333 g/mol. The number of benzene rings is 2. The number of anilines is 1. The smallest absolute Gasteiger partial charge is 0.196 e. The molecule has 0 amide bonds. The van der Waals surface area contributed by atoms with Gasteiger partial charge in [0.25, 0.3) is 0 Å². The maximum atomic E-state index is 13.3. The summed E-state index contributed by atoms with van der Waals surface area (Å²) < 4.78 is 14.0. The molecule has 0 fully saturated rings. The lowest BCUT2D eigenvalue weighted by molar-refractivity contribution is 0.624. The molecule has 1 atom stereocenters. The Morgan fingerprint density at radius 3 is 2.81 bits per heavy atom. The van der Waals surface area contributed by atoms with E-state index >= 15 is 0 Å². The molecule has 2 N–H and O–H groups in total. The Balaban J connectivity index is 2.03. The van der Waals surface area contributed by atoms with Crippen LogP contribution >= 0.6 is 15.9 Å². The monoisotopic (exact) mass is 347 g/mol. The van der Waals surface area contributed by atoms with Gasteiger partial charge in [-0.15, -0.1) is 0 Å². The van der Waals surface area contributed by atoms with Crippen LogP contribution in [0.3, 0.4) is 0 Å². The van der Waals surface area contributed by atoms with Gasteiger partial charge in [-0.25, -0.2) is 4.39 Å². The molecule has 3 rings (SSSR count). The van der Waals surface area contributed by atoms with Crippen molar-refractivity contribution in [1.29, 1.82) is 0 Å². The van der Waals surface area contributed by atoms with E-state index in [0.717, 1.165) is 21.3 Å². The number of hydrogen-bond donors (Lipinski definition) is 1. The number of aryl methyl sites for hydroxylation is 1. The quantitative estimate of drug-likeness (QED) is 0.898. The fourth-order valence-electron chi connectivity index (χ4n) is 2.60. The zero-order valence-corrected chi connectivity index (χ0v) is 13.1. The molecule has 0 bridgehead atoms. The number of guanidine groups is 1. The largest absolute Gasteiger partial charge is 0.369 e. The Labute approximate surface area is 131 Å². The molecule has 2 aromatic carbocycles. The minimum Gasteiger partial charge on any atom is -0.369 e. The van der Waals surface area contributed by atoms with Crippen LogP contribution in [0.5, 0.6) is 0 Å². The predicted molar refractivity (Wildman–Crippen MR) is 87.0 cm³/mol. The van der Waals surface area contributed by atoms with E-state index in [1.165, 1.54) is 12.1 Å². The van der Waals surface area contributed by atoms with E-state index in [4.69, 9.17) is 5.73 Å². The first kappa shape index (κ1) is 14.1. The van der Waals surface area contributed by atoms with Crippen LogP contribution in [0.2, 0.25) is 0 Å². The highest BCUT2D eigenvalue weighted by Crippen LogP contribution is 2.35. The molecule has 1 aliphatic heterocycles. The first-order valence-electron chi connectivity index (χ1n) is 6.67. The Morgan fingerprint density at radius 2 is 2.10 bits per heavy atom. The SMILES string of the molecule is Cc1cccc(N2C(N)=NCC2c2ccc(F)cc2Br)c1. The second-order valence-corrected chi connectivity index (χ2v) is 5.94. The maximum absolute atomic E-state index is 13.3. The third-order valence-electron chi connectivity index (χ3n) is 3.59. The third kappa shape index (κ3) is 2.65. The van der Waals surface area contributed by atoms with Gasteiger partial charge in [-0.1, -0.05) is 34.1 Å². The number of aliphatic imine (C=N–C) groups is 1. The van der Waals surface area contributed by atoms with Gasteiger partial charge >= 0.3 is 0 Å². The molecule has 21 heavy (non-hydrogen) atoms. The van der Waals surface area contributed by atoms with Gasteiger partial charge in [0.1, 0.15) is 5.82 Å². The number of halogens is 2. The molecule has 2 aromatic rings. The number of nitrogens with zero attached hydrogens (tertiary/aromatic N) is 2. The van der Waals surface area contributed by atoms with Crippen LogP contribution in [0.4, 0.5) is 10.1 Å².